The van der Waals surface area contributed by atoms with Gasteiger partial charge < -0.3 is 9.47 Å². The first-order valence-electron chi connectivity index (χ1n) is 10.6. The standard InChI is InChI=1S/C24H28N2O4/c27-23(19-7-3-1-4-8-19)21(25-11-15-29-16-12-25)22(26-13-17-30-18-14-26)24(28)20-9-5-2-6-10-20/h1-10,21-22H,11-18H2/t21-,22+. The van der Waals surface area contributed by atoms with Crippen LogP contribution in [0, 0.1) is 0 Å². The van der Waals surface area contributed by atoms with Crippen molar-refractivity contribution in [1.29, 1.82) is 0 Å². The van der Waals surface area contributed by atoms with Crippen LogP contribution in [0.2, 0.25) is 0 Å². The molecule has 0 aliphatic carbocycles. The second-order valence-corrected chi connectivity index (χ2v) is 7.65. The zero-order chi connectivity index (χ0) is 20.8. The van der Waals surface area contributed by atoms with Gasteiger partial charge in [0.05, 0.1) is 38.5 Å². The molecule has 2 aromatic rings. The molecule has 0 unspecified atom stereocenters. The van der Waals surface area contributed by atoms with Crippen LogP contribution < -0.4 is 0 Å². The monoisotopic (exact) mass is 408 g/mol. The third-order valence-electron chi connectivity index (χ3n) is 5.83. The van der Waals surface area contributed by atoms with Crippen LogP contribution in [0.15, 0.2) is 60.7 Å². The summed E-state index contributed by atoms with van der Waals surface area (Å²) in [5, 5.41) is 0. The summed E-state index contributed by atoms with van der Waals surface area (Å²) in [4.78, 5) is 31.8. The van der Waals surface area contributed by atoms with Crippen LogP contribution in [-0.2, 0) is 9.47 Å². The molecule has 0 saturated carbocycles. The second-order valence-electron chi connectivity index (χ2n) is 7.65. The topological polar surface area (TPSA) is 59.1 Å². The maximum Gasteiger partial charge on any atom is 0.182 e. The van der Waals surface area contributed by atoms with Crippen LogP contribution >= 0.6 is 0 Å². The zero-order valence-corrected chi connectivity index (χ0v) is 17.1. The fraction of sp³-hybridized carbons (Fsp3) is 0.417. The van der Waals surface area contributed by atoms with Crippen LogP contribution in [0.5, 0.6) is 0 Å². The highest BCUT2D eigenvalue weighted by Gasteiger charge is 2.42. The van der Waals surface area contributed by atoms with E-state index >= 15 is 0 Å². The predicted molar refractivity (Wildman–Crippen MR) is 114 cm³/mol. The van der Waals surface area contributed by atoms with Crippen LogP contribution in [0.25, 0.3) is 0 Å². The minimum absolute atomic E-state index is 0.0155. The van der Waals surface area contributed by atoms with Crippen LogP contribution in [0.3, 0.4) is 0 Å². The van der Waals surface area contributed by atoms with Crippen molar-refractivity contribution in [1.82, 2.24) is 9.80 Å². The van der Waals surface area contributed by atoms with Gasteiger partial charge in [-0.25, -0.2) is 0 Å². The number of rotatable bonds is 7. The summed E-state index contributed by atoms with van der Waals surface area (Å²) in [5.41, 5.74) is 1.27. The molecule has 6 heteroatoms. The summed E-state index contributed by atoms with van der Waals surface area (Å²) in [7, 11) is 0. The van der Waals surface area contributed by atoms with Crippen molar-refractivity contribution in [2.24, 2.45) is 0 Å². The van der Waals surface area contributed by atoms with Gasteiger partial charge in [-0.3, -0.25) is 19.4 Å². The van der Waals surface area contributed by atoms with E-state index in [9.17, 15) is 9.59 Å². The predicted octanol–water partition coefficient (Wildman–Crippen LogP) is 2.15. The third kappa shape index (κ3) is 4.68. The molecule has 2 heterocycles. The third-order valence-corrected chi connectivity index (χ3v) is 5.83. The van der Waals surface area contributed by atoms with E-state index in [1.165, 1.54) is 0 Å². The highest BCUT2D eigenvalue weighted by molar-refractivity contribution is 6.08. The van der Waals surface area contributed by atoms with Crippen molar-refractivity contribution < 1.29 is 19.1 Å². The molecule has 30 heavy (non-hydrogen) atoms. The van der Waals surface area contributed by atoms with Crippen molar-refractivity contribution in [3.05, 3.63) is 71.8 Å². The number of morpholine rings is 2. The highest BCUT2D eigenvalue weighted by Crippen LogP contribution is 2.23. The van der Waals surface area contributed by atoms with Gasteiger partial charge in [0.15, 0.2) is 11.6 Å². The maximum absolute atomic E-state index is 13.8. The average Bonchev–Trinajstić information content (AvgIpc) is 2.84. The van der Waals surface area contributed by atoms with Crippen molar-refractivity contribution in [2.75, 3.05) is 52.6 Å². The highest BCUT2D eigenvalue weighted by atomic mass is 16.5. The largest absolute Gasteiger partial charge is 0.379 e. The Morgan fingerprint density at radius 1 is 0.600 bits per heavy atom. The number of nitrogens with zero attached hydrogens (tertiary/aromatic N) is 2. The molecule has 0 amide bonds. The molecular formula is C24H28N2O4. The van der Waals surface area contributed by atoms with Crippen molar-refractivity contribution in [2.45, 2.75) is 12.1 Å². The molecule has 4 rings (SSSR count). The maximum atomic E-state index is 13.8. The van der Waals surface area contributed by atoms with Gasteiger partial charge in [-0.05, 0) is 0 Å². The fourth-order valence-corrected chi connectivity index (χ4v) is 4.28. The molecule has 0 N–H and O–H groups in total. The molecule has 0 bridgehead atoms. The molecule has 2 atom stereocenters. The van der Waals surface area contributed by atoms with Gasteiger partial charge in [-0.2, -0.15) is 0 Å². The summed E-state index contributed by atoms with van der Waals surface area (Å²) >= 11 is 0. The Morgan fingerprint density at radius 3 is 1.27 bits per heavy atom. The van der Waals surface area contributed by atoms with Gasteiger partial charge in [0, 0.05) is 37.3 Å². The van der Waals surface area contributed by atoms with E-state index < -0.39 is 12.1 Å². The molecule has 2 aromatic carbocycles. The summed E-state index contributed by atoms with van der Waals surface area (Å²) in [6.07, 6.45) is 0. The van der Waals surface area contributed by atoms with Crippen LogP contribution in [0.1, 0.15) is 20.7 Å². The number of carbonyl (C=O) groups is 2. The van der Waals surface area contributed by atoms with Crippen molar-refractivity contribution in [3.63, 3.8) is 0 Å². The van der Waals surface area contributed by atoms with E-state index in [0.29, 0.717) is 63.7 Å². The van der Waals surface area contributed by atoms with Gasteiger partial charge in [0.1, 0.15) is 0 Å². The Bertz CT molecular complexity index is 759. The minimum Gasteiger partial charge on any atom is -0.379 e. The van der Waals surface area contributed by atoms with Gasteiger partial charge >= 0.3 is 0 Å². The number of hydrogen-bond acceptors (Lipinski definition) is 6. The van der Waals surface area contributed by atoms with Crippen LogP contribution in [0.4, 0.5) is 0 Å². The quantitative estimate of drug-likeness (QED) is 0.655. The molecule has 0 aromatic heterocycles. The molecular weight excluding hydrogens is 380 g/mol. The minimum atomic E-state index is -0.567. The molecule has 0 radical (unpaired) electrons. The van der Waals surface area contributed by atoms with Gasteiger partial charge in [-0.15, -0.1) is 0 Å². The lowest BCUT2D eigenvalue weighted by atomic mass is 9.89. The molecule has 2 fully saturated rings. The Morgan fingerprint density at radius 2 is 0.933 bits per heavy atom. The van der Waals surface area contributed by atoms with Gasteiger partial charge in [0.25, 0.3) is 0 Å². The summed E-state index contributed by atoms with van der Waals surface area (Å²) in [6.45, 7) is 4.78. The first-order chi connectivity index (χ1) is 14.8. The van der Waals surface area contributed by atoms with E-state index in [4.69, 9.17) is 9.47 Å². The first kappa shape index (κ1) is 20.9. The lowest BCUT2D eigenvalue weighted by molar-refractivity contribution is -0.0240. The number of ether oxygens (including phenoxy) is 2. The lowest BCUT2D eigenvalue weighted by Crippen LogP contribution is -2.62. The zero-order valence-electron chi connectivity index (χ0n) is 17.1. The SMILES string of the molecule is O=C(c1ccccc1)[C@H]([C@H](C(=O)c1ccccc1)N1CCOCC1)N1CCOCC1. The lowest BCUT2D eigenvalue weighted by Gasteiger charge is -2.43. The smallest absolute Gasteiger partial charge is 0.182 e. The van der Waals surface area contributed by atoms with Crippen molar-refractivity contribution in [3.8, 4) is 0 Å². The summed E-state index contributed by atoms with van der Waals surface area (Å²) in [5.74, 6) is -0.0310. The Balaban J connectivity index is 1.75. The van der Waals surface area contributed by atoms with E-state index in [-0.39, 0.29) is 11.6 Å². The van der Waals surface area contributed by atoms with E-state index in [0.717, 1.165) is 0 Å². The fourth-order valence-electron chi connectivity index (χ4n) is 4.28. The average molecular weight is 408 g/mol. The molecule has 2 aliphatic rings. The Hall–Kier alpha value is -2.38. The number of hydrogen-bond donors (Lipinski definition) is 0. The van der Waals surface area contributed by atoms with E-state index in [1.54, 1.807) is 0 Å². The Labute approximate surface area is 177 Å². The molecule has 6 nitrogen and oxygen atoms in total. The molecule has 158 valence electrons. The number of benzene rings is 2. The van der Waals surface area contributed by atoms with Gasteiger partial charge in [-0.1, -0.05) is 60.7 Å². The van der Waals surface area contributed by atoms with Gasteiger partial charge in [0.2, 0.25) is 0 Å². The number of ketones is 2. The normalized spacial score (nSPS) is 20.4. The van der Waals surface area contributed by atoms with E-state index in [1.807, 2.05) is 60.7 Å². The number of Topliss-reactive ketones (excluding diaryl/α,β-unsaturated/α-hetero) is 2. The second kappa shape index (κ2) is 10.1. The van der Waals surface area contributed by atoms with Crippen LogP contribution in [-0.4, -0.2) is 86.1 Å². The van der Waals surface area contributed by atoms with Crippen molar-refractivity contribution >= 4 is 11.6 Å². The molecule has 2 saturated heterocycles. The molecule has 0 spiro atoms. The number of carbonyl (C=O) groups excluding carboxylic acids is 2. The molecule has 2 aliphatic heterocycles. The first-order valence-corrected chi connectivity index (χ1v) is 10.6. The summed E-state index contributed by atoms with van der Waals surface area (Å²) < 4.78 is 11.1. The van der Waals surface area contributed by atoms with E-state index in [2.05, 4.69) is 9.80 Å². The Kier molecular flexibility index (Phi) is 7.02. The summed E-state index contributed by atoms with van der Waals surface area (Å²) in [6, 6.07) is 17.5.